The Morgan fingerprint density at radius 1 is 0.111 bits per heavy atom. The van der Waals surface area contributed by atoms with E-state index in [-0.39, 0.29) is 0 Å². The number of hydrogen-bond acceptors (Lipinski definition) is 6. The summed E-state index contributed by atoms with van der Waals surface area (Å²) in [7, 11) is 0. The van der Waals surface area contributed by atoms with E-state index in [1.165, 1.54) is 75.8 Å². The Kier molecular flexibility index (Phi) is 13.8. The van der Waals surface area contributed by atoms with Crippen LogP contribution in [0.1, 0.15) is 0 Å². The maximum atomic E-state index is 4.95. The molecular formula is C84H54N6. The number of benzene rings is 15. The van der Waals surface area contributed by atoms with Gasteiger partial charge in [0.2, 0.25) is 0 Å². The van der Waals surface area contributed by atoms with Gasteiger partial charge in [0, 0.05) is 33.4 Å². The Morgan fingerprint density at radius 3 is 0.556 bits per heavy atom. The molecule has 15 aromatic carbocycles. The molecule has 0 saturated heterocycles. The molecular weight excluding hydrogens is 1090 g/mol. The Hall–Kier alpha value is -12.1. The van der Waals surface area contributed by atoms with Crippen molar-refractivity contribution >= 4 is 64.6 Å². The van der Waals surface area contributed by atoms with E-state index < -0.39 is 0 Å². The number of fused-ring (bicyclic) bond motifs is 12. The first-order valence-electron chi connectivity index (χ1n) is 30.3. The molecule has 0 atom stereocenters. The van der Waals surface area contributed by atoms with Gasteiger partial charge in [0.05, 0.1) is 0 Å². The summed E-state index contributed by atoms with van der Waals surface area (Å²) in [4.78, 5) is 29.5. The first-order chi connectivity index (χ1) is 44.6. The molecule has 0 fully saturated rings. The summed E-state index contributed by atoms with van der Waals surface area (Å²) < 4.78 is 0. The number of hydrogen-bond donors (Lipinski definition) is 0. The average molecular weight is 1150 g/mol. The maximum Gasteiger partial charge on any atom is 0.164 e. The number of aromatic nitrogens is 6. The highest BCUT2D eigenvalue weighted by molar-refractivity contribution is 6.27. The lowest BCUT2D eigenvalue weighted by Crippen LogP contribution is -2.00. The van der Waals surface area contributed by atoms with Crippen molar-refractivity contribution in [1.82, 2.24) is 29.9 Å². The first-order valence-corrected chi connectivity index (χ1v) is 30.3. The molecule has 2 aromatic heterocycles. The molecule has 0 amide bonds. The second-order valence-corrected chi connectivity index (χ2v) is 22.5. The molecule has 6 heteroatoms. The molecule has 420 valence electrons. The average Bonchev–Trinajstić information content (AvgIpc) is 1.40. The zero-order valence-corrected chi connectivity index (χ0v) is 48.9. The quantitative estimate of drug-likeness (QED) is 0.134. The van der Waals surface area contributed by atoms with Gasteiger partial charge in [0.15, 0.2) is 34.9 Å². The van der Waals surface area contributed by atoms with Crippen molar-refractivity contribution in [3.8, 4) is 102 Å². The van der Waals surface area contributed by atoms with E-state index in [1.807, 2.05) is 121 Å². The largest absolute Gasteiger partial charge is 0.208 e. The normalized spacial score (nSPS) is 11.3. The van der Waals surface area contributed by atoms with Crippen molar-refractivity contribution in [2.24, 2.45) is 0 Å². The van der Waals surface area contributed by atoms with Crippen LogP contribution in [0.4, 0.5) is 0 Å². The second kappa shape index (κ2) is 23.3. The van der Waals surface area contributed by atoms with Crippen molar-refractivity contribution in [3.05, 3.63) is 328 Å². The fourth-order valence-electron chi connectivity index (χ4n) is 12.6. The Bertz CT molecular complexity index is 5350. The van der Waals surface area contributed by atoms with Crippen LogP contribution >= 0.6 is 0 Å². The molecule has 0 saturated carbocycles. The molecule has 0 radical (unpaired) electrons. The van der Waals surface area contributed by atoms with E-state index in [2.05, 4.69) is 206 Å². The van der Waals surface area contributed by atoms with Gasteiger partial charge >= 0.3 is 0 Å². The molecule has 6 nitrogen and oxygen atoms in total. The van der Waals surface area contributed by atoms with Crippen LogP contribution in [0.25, 0.3) is 166 Å². The minimum Gasteiger partial charge on any atom is -0.208 e. The van der Waals surface area contributed by atoms with E-state index in [0.717, 1.165) is 55.6 Å². The van der Waals surface area contributed by atoms with Crippen LogP contribution in [0.5, 0.6) is 0 Å². The molecule has 0 unspecified atom stereocenters. The minimum atomic E-state index is 0.648. The molecule has 17 rings (SSSR count). The zero-order valence-electron chi connectivity index (χ0n) is 48.9. The maximum absolute atomic E-state index is 4.95. The van der Waals surface area contributed by atoms with Gasteiger partial charge in [-0.1, -0.05) is 297 Å². The van der Waals surface area contributed by atoms with Gasteiger partial charge in [0.1, 0.15) is 0 Å². The van der Waals surface area contributed by atoms with Gasteiger partial charge in [-0.15, -0.1) is 0 Å². The lowest BCUT2D eigenvalue weighted by atomic mass is 9.91. The van der Waals surface area contributed by atoms with Crippen LogP contribution in [0.15, 0.2) is 328 Å². The Morgan fingerprint density at radius 2 is 0.289 bits per heavy atom. The van der Waals surface area contributed by atoms with Crippen LogP contribution in [-0.4, -0.2) is 29.9 Å². The van der Waals surface area contributed by atoms with Crippen LogP contribution < -0.4 is 0 Å². The van der Waals surface area contributed by atoms with Crippen LogP contribution in [0.2, 0.25) is 0 Å². The monoisotopic (exact) mass is 1150 g/mol. The van der Waals surface area contributed by atoms with Gasteiger partial charge < -0.3 is 0 Å². The highest BCUT2D eigenvalue weighted by atomic mass is 15.0. The van der Waals surface area contributed by atoms with Crippen molar-refractivity contribution in [2.75, 3.05) is 0 Å². The standard InChI is InChI=1S/C45H29N3.C39H25N3/c1-3-13-30(14-4-1)43-46-44(31-15-5-2-6-16-31)48-45(47-43)36-20-12-19-34(28-36)32-17-11-18-33(27-32)35-25-26-41-39-23-8-7-21-37(39)38-22-9-10-24-40(38)42(41)29-35;1-3-12-26(13-4-1)37-40-38(27-14-5-2-6-15-27)42-39(41-37)30-17-11-16-28(24-30)29-22-23-35-33-20-8-7-18-31(33)32-19-9-10-21-34(32)36(35)25-29/h1-29H;1-25H. The summed E-state index contributed by atoms with van der Waals surface area (Å²) in [6.07, 6.45) is 0. The Balaban J connectivity index is 0.000000145. The predicted molar refractivity (Wildman–Crippen MR) is 374 cm³/mol. The fourth-order valence-corrected chi connectivity index (χ4v) is 12.6. The molecule has 0 aliphatic carbocycles. The molecule has 90 heavy (non-hydrogen) atoms. The SMILES string of the molecule is c1ccc(-c2nc(-c3ccccc3)nc(-c3cccc(-c4ccc5c6ccccc6c6ccccc6c5c4)c3)n2)cc1.c1ccc(-c2nc(-c3ccccc3)nc(-c3cccc(-c4cccc(-c5ccc6c7ccccc7c7ccccc7c6c5)c4)c3)n2)cc1. The lowest BCUT2D eigenvalue weighted by molar-refractivity contribution is 1.07. The summed E-state index contributed by atoms with van der Waals surface area (Å²) >= 11 is 0. The molecule has 0 spiro atoms. The van der Waals surface area contributed by atoms with Gasteiger partial charge in [-0.05, 0) is 128 Å². The topological polar surface area (TPSA) is 77.3 Å². The predicted octanol–water partition coefficient (Wildman–Crippen LogP) is 21.7. The number of nitrogens with zero attached hydrogens (tertiary/aromatic N) is 6. The molecule has 0 aliphatic heterocycles. The van der Waals surface area contributed by atoms with Crippen LogP contribution in [0.3, 0.4) is 0 Å². The van der Waals surface area contributed by atoms with E-state index in [9.17, 15) is 0 Å². The van der Waals surface area contributed by atoms with Gasteiger partial charge in [-0.3, -0.25) is 0 Å². The molecule has 17 aromatic rings. The van der Waals surface area contributed by atoms with E-state index in [4.69, 9.17) is 29.9 Å². The third-order valence-electron chi connectivity index (χ3n) is 17.0. The zero-order chi connectivity index (χ0) is 59.7. The van der Waals surface area contributed by atoms with E-state index >= 15 is 0 Å². The first kappa shape index (κ1) is 53.4. The third-order valence-corrected chi connectivity index (χ3v) is 17.0. The summed E-state index contributed by atoms with van der Waals surface area (Å²) in [5.41, 5.74) is 12.6. The molecule has 0 N–H and O–H groups in total. The smallest absolute Gasteiger partial charge is 0.164 e. The van der Waals surface area contributed by atoms with Crippen molar-refractivity contribution in [1.29, 1.82) is 0 Å². The van der Waals surface area contributed by atoms with Gasteiger partial charge in [-0.2, -0.15) is 0 Å². The second-order valence-electron chi connectivity index (χ2n) is 22.5. The van der Waals surface area contributed by atoms with E-state index in [1.54, 1.807) is 0 Å². The van der Waals surface area contributed by atoms with Crippen LogP contribution in [0, 0.1) is 0 Å². The summed E-state index contributed by atoms with van der Waals surface area (Å²) in [6.45, 7) is 0. The van der Waals surface area contributed by atoms with Crippen LogP contribution in [-0.2, 0) is 0 Å². The summed E-state index contributed by atoms with van der Waals surface area (Å²) in [6, 6.07) is 115. The lowest BCUT2D eigenvalue weighted by Gasteiger charge is -2.13. The number of rotatable bonds is 9. The summed E-state index contributed by atoms with van der Waals surface area (Å²) in [5, 5.41) is 15.3. The molecule has 0 aliphatic rings. The highest BCUT2D eigenvalue weighted by Gasteiger charge is 2.17. The van der Waals surface area contributed by atoms with Crippen molar-refractivity contribution < 1.29 is 0 Å². The fraction of sp³-hybridized carbons (Fsp3) is 0. The third kappa shape index (κ3) is 10.2. The van der Waals surface area contributed by atoms with Crippen molar-refractivity contribution in [2.45, 2.75) is 0 Å². The highest BCUT2D eigenvalue weighted by Crippen LogP contribution is 2.40. The summed E-state index contributed by atoms with van der Waals surface area (Å²) in [5.74, 6) is 3.94. The van der Waals surface area contributed by atoms with Gasteiger partial charge in [-0.25, -0.2) is 29.9 Å². The van der Waals surface area contributed by atoms with E-state index in [0.29, 0.717) is 34.9 Å². The molecule has 2 heterocycles. The Labute approximate surface area is 520 Å². The molecule has 0 bridgehead atoms. The van der Waals surface area contributed by atoms with Crippen molar-refractivity contribution in [3.63, 3.8) is 0 Å². The minimum absolute atomic E-state index is 0.648. The van der Waals surface area contributed by atoms with Gasteiger partial charge in [0.25, 0.3) is 0 Å².